The summed E-state index contributed by atoms with van der Waals surface area (Å²) in [6.07, 6.45) is 0.0714. The lowest BCUT2D eigenvalue weighted by Crippen LogP contribution is -2.35. The van der Waals surface area contributed by atoms with Gasteiger partial charge < -0.3 is 29.7 Å². The van der Waals surface area contributed by atoms with E-state index in [1.807, 2.05) is 0 Å². The highest BCUT2D eigenvalue weighted by Gasteiger charge is 2.30. The lowest BCUT2D eigenvalue weighted by Gasteiger charge is -2.25. The zero-order valence-electron chi connectivity index (χ0n) is 17.2. The van der Waals surface area contributed by atoms with E-state index in [4.69, 9.17) is 14.2 Å². The fourth-order valence-electron chi connectivity index (χ4n) is 3.29. The predicted molar refractivity (Wildman–Crippen MR) is 112 cm³/mol. The van der Waals surface area contributed by atoms with Crippen molar-refractivity contribution in [1.29, 1.82) is 0 Å². The number of rotatable bonds is 5. The molecule has 2 heterocycles. The number of nitrogens with one attached hydrogen (secondary N) is 2. The second-order valence-corrected chi connectivity index (χ2v) is 7.56. The van der Waals surface area contributed by atoms with Gasteiger partial charge in [-0.3, -0.25) is 9.59 Å². The second-order valence-electron chi connectivity index (χ2n) is 6.45. The van der Waals surface area contributed by atoms with Gasteiger partial charge in [0, 0.05) is 24.0 Å². The van der Waals surface area contributed by atoms with E-state index in [2.05, 4.69) is 10.6 Å². The van der Waals surface area contributed by atoms with Crippen molar-refractivity contribution in [2.45, 2.75) is 13.0 Å². The van der Waals surface area contributed by atoms with Crippen molar-refractivity contribution >= 4 is 34.2 Å². The smallest absolute Gasteiger partial charge is 0.409 e. The molecule has 0 atom stereocenters. The first-order valence-electron chi connectivity index (χ1n) is 9.16. The van der Waals surface area contributed by atoms with Crippen molar-refractivity contribution < 1.29 is 28.6 Å². The molecule has 1 aromatic carbocycles. The second kappa shape index (κ2) is 9.04. The molecule has 3 rings (SSSR count). The number of hydrogen-bond acceptors (Lipinski definition) is 7. The van der Waals surface area contributed by atoms with Gasteiger partial charge in [-0.25, -0.2) is 4.79 Å². The van der Waals surface area contributed by atoms with Crippen LogP contribution in [0.3, 0.4) is 0 Å². The molecule has 1 aliphatic rings. The average Bonchev–Trinajstić information content (AvgIpc) is 3.14. The molecule has 2 aromatic rings. The number of carbonyl (C=O) groups is 3. The monoisotopic (exact) mass is 433 g/mol. The number of anilines is 1. The van der Waals surface area contributed by atoms with Crippen LogP contribution in [0.15, 0.2) is 18.2 Å². The van der Waals surface area contributed by atoms with Crippen LogP contribution >= 0.6 is 11.3 Å². The van der Waals surface area contributed by atoms with E-state index in [9.17, 15) is 14.4 Å². The Labute approximate surface area is 177 Å². The highest BCUT2D eigenvalue weighted by atomic mass is 32.1. The van der Waals surface area contributed by atoms with Gasteiger partial charge in [-0.05, 0) is 30.2 Å². The summed E-state index contributed by atoms with van der Waals surface area (Å²) in [5.41, 5.74) is 1.62. The molecule has 9 nitrogen and oxygen atoms in total. The molecule has 10 heteroatoms. The molecule has 1 aromatic heterocycles. The molecule has 1 aliphatic heterocycles. The fourth-order valence-corrected chi connectivity index (χ4v) is 4.55. The van der Waals surface area contributed by atoms with Crippen LogP contribution in [0.5, 0.6) is 11.5 Å². The molecular weight excluding hydrogens is 410 g/mol. The van der Waals surface area contributed by atoms with Gasteiger partial charge in [-0.2, -0.15) is 0 Å². The van der Waals surface area contributed by atoms with E-state index in [0.29, 0.717) is 47.1 Å². The van der Waals surface area contributed by atoms with Crippen LogP contribution in [0.1, 0.15) is 31.2 Å². The maximum Gasteiger partial charge on any atom is 0.409 e. The Balaban J connectivity index is 1.92. The predicted octanol–water partition coefficient (Wildman–Crippen LogP) is 2.50. The van der Waals surface area contributed by atoms with Crippen molar-refractivity contribution in [3.63, 3.8) is 0 Å². The lowest BCUT2D eigenvalue weighted by atomic mass is 10.0. The normalized spacial score (nSPS) is 12.6. The largest absolute Gasteiger partial charge is 0.493 e. The van der Waals surface area contributed by atoms with E-state index in [1.54, 1.807) is 23.1 Å². The first-order valence-corrected chi connectivity index (χ1v) is 9.98. The van der Waals surface area contributed by atoms with Crippen LogP contribution in [-0.4, -0.2) is 57.7 Å². The Morgan fingerprint density at radius 2 is 1.80 bits per heavy atom. The van der Waals surface area contributed by atoms with E-state index >= 15 is 0 Å². The Kier molecular flexibility index (Phi) is 6.46. The number of amides is 3. The van der Waals surface area contributed by atoms with Crippen molar-refractivity contribution in [2.75, 3.05) is 40.2 Å². The van der Waals surface area contributed by atoms with E-state index in [1.165, 1.54) is 39.7 Å². The third-order valence-electron chi connectivity index (χ3n) is 4.82. The number of methoxy groups -OCH3 is 3. The van der Waals surface area contributed by atoms with Crippen LogP contribution in [-0.2, 0) is 17.7 Å². The van der Waals surface area contributed by atoms with Crippen molar-refractivity contribution in [1.82, 2.24) is 10.2 Å². The molecule has 160 valence electrons. The summed E-state index contributed by atoms with van der Waals surface area (Å²) in [4.78, 5) is 39.7. The maximum absolute atomic E-state index is 12.9. The Bertz CT molecular complexity index is 987. The van der Waals surface area contributed by atoms with Crippen LogP contribution < -0.4 is 20.1 Å². The zero-order chi connectivity index (χ0) is 21.8. The summed E-state index contributed by atoms with van der Waals surface area (Å²) >= 11 is 1.28. The number of benzene rings is 1. The van der Waals surface area contributed by atoms with Crippen molar-refractivity contribution in [2.24, 2.45) is 0 Å². The summed E-state index contributed by atoms with van der Waals surface area (Å²) in [5, 5.41) is 5.89. The summed E-state index contributed by atoms with van der Waals surface area (Å²) in [6, 6.07) is 4.82. The van der Waals surface area contributed by atoms with Gasteiger partial charge in [0.2, 0.25) is 0 Å². The van der Waals surface area contributed by atoms with Crippen molar-refractivity contribution in [3.05, 3.63) is 39.8 Å². The van der Waals surface area contributed by atoms with Crippen LogP contribution in [0, 0.1) is 0 Å². The molecule has 0 radical (unpaired) electrons. The summed E-state index contributed by atoms with van der Waals surface area (Å²) in [6.45, 7) is 0.756. The summed E-state index contributed by atoms with van der Waals surface area (Å²) in [7, 11) is 5.87. The summed E-state index contributed by atoms with van der Waals surface area (Å²) < 4.78 is 15.2. The number of hydrogen-bond donors (Lipinski definition) is 2. The molecule has 0 fully saturated rings. The minimum absolute atomic E-state index is 0.290. The minimum atomic E-state index is -0.425. The van der Waals surface area contributed by atoms with Gasteiger partial charge in [0.25, 0.3) is 11.8 Å². The number of ether oxygens (including phenoxy) is 3. The molecule has 2 N–H and O–H groups in total. The zero-order valence-corrected chi connectivity index (χ0v) is 18.0. The topological polar surface area (TPSA) is 106 Å². The highest BCUT2D eigenvalue weighted by Crippen LogP contribution is 2.38. The number of fused-ring (bicyclic) bond motifs is 1. The number of nitrogens with zero attached hydrogens (tertiary/aromatic N) is 1. The first-order chi connectivity index (χ1) is 14.4. The molecule has 0 unspecified atom stereocenters. The van der Waals surface area contributed by atoms with E-state index < -0.39 is 6.09 Å². The Morgan fingerprint density at radius 3 is 2.43 bits per heavy atom. The number of carbonyl (C=O) groups excluding carboxylic acids is 3. The molecule has 0 saturated carbocycles. The third kappa shape index (κ3) is 4.04. The molecule has 0 spiro atoms. The molecule has 30 heavy (non-hydrogen) atoms. The number of thiophene rings is 1. The van der Waals surface area contributed by atoms with Gasteiger partial charge >= 0.3 is 6.09 Å². The standard InChI is InChI=1S/C20H23N3O6S/c1-21-18(25)16-12-7-8-23(20(26)29-4)10-15(12)30-19(16)22-17(24)11-5-6-13(27-2)14(9-11)28-3/h5-6,9H,7-8,10H2,1-4H3,(H,21,25)(H,22,24). The Morgan fingerprint density at radius 1 is 1.07 bits per heavy atom. The third-order valence-corrected chi connectivity index (χ3v) is 5.95. The van der Waals surface area contributed by atoms with Gasteiger partial charge in [-0.1, -0.05) is 0 Å². The molecule has 0 saturated heterocycles. The first kappa shape index (κ1) is 21.4. The highest BCUT2D eigenvalue weighted by molar-refractivity contribution is 7.17. The maximum atomic E-state index is 12.9. The van der Waals surface area contributed by atoms with Gasteiger partial charge in [0.1, 0.15) is 5.00 Å². The van der Waals surface area contributed by atoms with Gasteiger partial charge in [-0.15, -0.1) is 11.3 Å². The molecule has 0 bridgehead atoms. The minimum Gasteiger partial charge on any atom is -0.493 e. The lowest BCUT2D eigenvalue weighted by molar-refractivity contribution is 0.0962. The Hall–Kier alpha value is -3.27. The average molecular weight is 433 g/mol. The van der Waals surface area contributed by atoms with Crippen LogP contribution in [0.2, 0.25) is 0 Å². The van der Waals surface area contributed by atoms with E-state index in [-0.39, 0.29) is 11.8 Å². The van der Waals surface area contributed by atoms with Crippen LogP contribution in [0.25, 0.3) is 0 Å². The van der Waals surface area contributed by atoms with E-state index in [0.717, 1.165) is 10.4 Å². The molecular formula is C20H23N3O6S. The van der Waals surface area contributed by atoms with Gasteiger partial charge in [0.15, 0.2) is 11.5 Å². The summed E-state index contributed by atoms with van der Waals surface area (Å²) in [5.74, 6) is 0.261. The molecule has 0 aliphatic carbocycles. The molecule has 3 amide bonds. The SMILES string of the molecule is CNC(=O)c1c(NC(=O)c2ccc(OC)c(OC)c2)sc2c1CCN(C(=O)OC)C2. The van der Waals surface area contributed by atoms with Crippen LogP contribution in [0.4, 0.5) is 9.80 Å². The van der Waals surface area contributed by atoms with Crippen molar-refractivity contribution in [3.8, 4) is 11.5 Å². The van der Waals surface area contributed by atoms with Gasteiger partial charge in [0.05, 0.1) is 33.4 Å². The quantitative estimate of drug-likeness (QED) is 0.751. The fraction of sp³-hybridized carbons (Fsp3) is 0.350.